The third-order valence-corrected chi connectivity index (χ3v) is 4.52. The van der Waals surface area contributed by atoms with Gasteiger partial charge in [0.05, 0.1) is 4.90 Å². The normalized spacial score (nSPS) is 12.1. The van der Waals surface area contributed by atoms with E-state index in [4.69, 9.17) is 9.84 Å². The lowest BCUT2D eigenvalue weighted by atomic mass is 10.3. The molecule has 0 bridgehead atoms. The maximum absolute atomic E-state index is 11.9. The Bertz CT molecular complexity index is 605. The van der Waals surface area contributed by atoms with Crippen LogP contribution in [0.5, 0.6) is 5.75 Å². The molecule has 0 aliphatic heterocycles. The van der Waals surface area contributed by atoms with Crippen LogP contribution >= 0.6 is 0 Å². The van der Waals surface area contributed by atoms with Crippen LogP contribution in [0, 0.1) is 11.8 Å². The highest BCUT2D eigenvalue weighted by Crippen LogP contribution is 2.20. The first-order valence-corrected chi connectivity index (χ1v) is 7.03. The number of aliphatic carboxylic acids is 1. The first-order valence-electron chi connectivity index (χ1n) is 5.48. The molecule has 0 amide bonds. The molecule has 5 nitrogen and oxygen atoms in total. The zero-order chi connectivity index (χ0) is 14.5. The molecular weight excluding hydrogens is 268 g/mol. The van der Waals surface area contributed by atoms with Gasteiger partial charge in [-0.2, -0.15) is 0 Å². The van der Waals surface area contributed by atoms with Gasteiger partial charge in [-0.3, -0.25) is 4.79 Å². The summed E-state index contributed by atoms with van der Waals surface area (Å²) in [5.74, 6) is 4.47. The van der Waals surface area contributed by atoms with Crippen LogP contribution in [0.4, 0.5) is 0 Å². The third-order valence-electron chi connectivity index (χ3n) is 2.45. The maximum atomic E-state index is 11.9. The number of rotatable bonds is 5. The standard InChI is InChI=1S/C13H14O5S/c1-3-4-9-18-11-5-7-12(8-6-11)19(16,17)10(2)13(14)15/h5-8,10H,9H2,1-2H3,(H,14,15). The molecule has 1 N–H and O–H groups in total. The fraction of sp³-hybridized carbons (Fsp3) is 0.308. The van der Waals surface area contributed by atoms with Crippen LogP contribution in [-0.4, -0.2) is 31.4 Å². The van der Waals surface area contributed by atoms with Crippen molar-refractivity contribution in [2.24, 2.45) is 0 Å². The summed E-state index contributed by atoms with van der Waals surface area (Å²) in [7, 11) is -3.86. The molecular formula is C13H14O5S. The molecule has 1 unspecified atom stereocenters. The lowest BCUT2D eigenvalue weighted by molar-refractivity contribution is -0.136. The van der Waals surface area contributed by atoms with E-state index >= 15 is 0 Å². The van der Waals surface area contributed by atoms with Gasteiger partial charge in [0, 0.05) is 0 Å². The fourth-order valence-electron chi connectivity index (χ4n) is 1.25. The van der Waals surface area contributed by atoms with Crippen molar-refractivity contribution in [3.63, 3.8) is 0 Å². The van der Waals surface area contributed by atoms with Gasteiger partial charge in [-0.1, -0.05) is 5.92 Å². The quantitative estimate of drug-likeness (QED) is 0.824. The smallest absolute Gasteiger partial charge is 0.321 e. The zero-order valence-corrected chi connectivity index (χ0v) is 11.4. The lowest BCUT2D eigenvalue weighted by Gasteiger charge is -2.09. The average molecular weight is 282 g/mol. The summed E-state index contributed by atoms with van der Waals surface area (Å²) in [4.78, 5) is 10.7. The van der Waals surface area contributed by atoms with E-state index in [-0.39, 0.29) is 11.5 Å². The predicted octanol–water partition coefficient (Wildman–Crippen LogP) is 1.34. The number of hydrogen-bond donors (Lipinski definition) is 1. The molecule has 1 rings (SSSR count). The van der Waals surface area contributed by atoms with Crippen LogP contribution in [0.3, 0.4) is 0 Å². The van der Waals surface area contributed by atoms with Crippen molar-refractivity contribution in [1.29, 1.82) is 0 Å². The number of carboxylic acid groups (broad SMARTS) is 1. The highest BCUT2D eigenvalue weighted by atomic mass is 32.2. The Labute approximate surface area is 112 Å². The zero-order valence-electron chi connectivity index (χ0n) is 10.6. The van der Waals surface area contributed by atoms with Crippen LogP contribution in [-0.2, 0) is 14.6 Å². The highest BCUT2D eigenvalue weighted by Gasteiger charge is 2.29. The Hall–Kier alpha value is -2.00. The molecule has 19 heavy (non-hydrogen) atoms. The minimum Gasteiger partial charge on any atom is -0.481 e. The van der Waals surface area contributed by atoms with E-state index in [0.29, 0.717) is 5.75 Å². The van der Waals surface area contributed by atoms with E-state index < -0.39 is 21.1 Å². The Morgan fingerprint density at radius 1 is 1.37 bits per heavy atom. The van der Waals surface area contributed by atoms with Crippen LogP contribution in [0.15, 0.2) is 29.2 Å². The van der Waals surface area contributed by atoms with Crippen LogP contribution in [0.1, 0.15) is 13.8 Å². The van der Waals surface area contributed by atoms with Gasteiger partial charge in [-0.25, -0.2) is 8.42 Å². The Morgan fingerprint density at radius 2 is 1.95 bits per heavy atom. The van der Waals surface area contributed by atoms with Gasteiger partial charge in [0.25, 0.3) is 0 Å². The largest absolute Gasteiger partial charge is 0.481 e. The number of hydrogen-bond acceptors (Lipinski definition) is 4. The van der Waals surface area contributed by atoms with Gasteiger partial charge in [-0.05, 0) is 38.1 Å². The van der Waals surface area contributed by atoms with E-state index in [1.165, 1.54) is 24.3 Å². The fourth-order valence-corrected chi connectivity index (χ4v) is 2.44. The minimum absolute atomic E-state index is 0.0451. The molecule has 6 heteroatoms. The summed E-state index contributed by atoms with van der Waals surface area (Å²) < 4.78 is 29.0. The SMILES string of the molecule is CC#CCOc1ccc(S(=O)(=O)C(C)C(=O)O)cc1. The Morgan fingerprint density at radius 3 is 2.42 bits per heavy atom. The average Bonchev–Trinajstić information content (AvgIpc) is 2.38. The first kappa shape index (κ1) is 15.1. The molecule has 0 heterocycles. The molecule has 0 aliphatic carbocycles. The number of carbonyl (C=O) groups is 1. The number of carboxylic acids is 1. The molecule has 0 saturated carbocycles. The molecule has 0 saturated heterocycles. The van der Waals surface area contributed by atoms with Gasteiger partial charge in [0.15, 0.2) is 15.1 Å². The molecule has 0 aliphatic rings. The van der Waals surface area contributed by atoms with Crippen molar-refractivity contribution in [1.82, 2.24) is 0 Å². The van der Waals surface area contributed by atoms with E-state index in [1.54, 1.807) is 6.92 Å². The molecule has 102 valence electrons. The van der Waals surface area contributed by atoms with Crippen molar-refractivity contribution in [3.8, 4) is 17.6 Å². The maximum Gasteiger partial charge on any atom is 0.321 e. The minimum atomic E-state index is -3.86. The van der Waals surface area contributed by atoms with Gasteiger partial charge in [0.2, 0.25) is 0 Å². The summed E-state index contributed by atoms with van der Waals surface area (Å²) in [6.07, 6.45) is 0. The van der Waals surface area contributed by atoms with E-state index in [9.17, 15) is 13.2 Å². The Balaban J connectivity index is 2.91. The van der Waals surface area contributed by atoms with E-state index in [2.05, 4.69) is 11.8 Å². The lowest BCUT2D eigenvalue weighted by Crippen LogP contribution is -2.26. The van der Waals surface area contributed by atoms with Gasteiger partial charge >= 0.3 is 5.97 Å². The van der Waals surface area contributed by atoms with Crippen molar-refractivity contribution >= 4 is 15.8 Å². The summed E-state index contributed by atoms with van der Waals surface area (Å²) in [6.45, 7) is 3.04. The molecule has 0 fully saturated rings. The highest BCUT2D eigenvalue weighted by molar-refractivity contribution is 7.92. The topological polar surface area (TPSA) is 80.7 Å². The molecule has 0 radical (unpaired) electrons. The predicted molar refractivity (Wildman–Crippen MR) is 69.7 cm³/mol. The third kappa shape index (κ3) is 3.73. The molecule has 1 aromatic carbocycles. The monoisotopic (exact) mass is 282 g/mol. The number of ether oxygens (including phenoxy) is 1. The first-order chi connectivity index (χ1) is 8.89. The van der Waals surface area contributed by atoms with Crippen LogP contribution in [0.25, 0.3) is 0 Å². The van der Waals surface area contributed by atoms with Gasteiger partial charge < -0.3 is 9.84 Å². The summed E-state index contributed by atoms with van der Waals surface area (Å²) in [6, 6.07) is 5.59. The van der Waals surface area contributed by atoms with E-state index in [0.717, 1.165) is 6.92 Å². The molecule has 0 spiro atoms. The molecule has 0 aromatic heterocycles. The van der Waals surface area contributed by atoms with Crippen LogP contribution < -0.4 is 4.74 Å². The van der Waals surface area contributed by atoms with Crippen molar-refractivity contribution < 1.29 is 23.1 Å². The Kier molecular flexibility index (Phi) is 4.95. The van der Waals surface area contributed by atoms with Crippen molar-refractivity contribution in [2.75, 3.05) is 6.61 Å². The molecule has 1 aromatic rings. The second-order valence-electron chi connectivity index (χ2n) is 3.71. The summed E-state index contributed by atoms with van der Waals surface area (Å²) >= 11 is 0. The van der Waals surface area contributed by atoms with Gasteiger partial charge in [-0.15, -0.1) is 5.92 Å². The van der Waals surface area contributed by atoms with E-state index in [1.807, 2.05) is 0 Å². The summed E-state index contributed by atoms with van der Waals surface area (Å²) in [5, 5.41) is 7.28. The molecule has 1 atom stereocenters. The van der Waals surface area contributed by atoms with Crippen molar-refractivity contribution in [3.05, 3.63) is 24.3 Å². The second kappa shape index (κ2) is 6.25. The second-order valence-corrected chi connectivity index (χ2v) is 5.98. The number of sulfone groups is 1. The summed E-state index contributed by atoms with van der Waals surface area (Å²) in [5.41, 5.74) is 0. The van der Waals surface area contributed by atoms with Crippen molar-refractivity contribution in [2.45, 2.75) is 24.0 Å². The van der Waals surface area contributed by atoms with Gasteiger partial charge in [0.1, 0.15) is 12.4 Å². The number of benzene rings is 1. The van der Waals surface area contributed by atoms with Crippen LogP contribution in [0.2, 0.25) is 0 Å².